The van der Waals surface area contributed by atoms with Crippen LogP contribution in [0.25, 0.3) is 0 Å². The Morgan fingerprint density at radius 2 is 1.76 bits per heavy atom. The molecule has 25 heavy (non-hydrogen) atoms. The van der Waals surface area contributed by atoms with Gasteiger partial charge in [0, 0.05) is 42.6 Å². The molecule has 2 amide bonds. The molecule has 3 rings (SSSR count). The standard InChI is InChI=1S/C19H26N2O3S/c1-14-3-4-16(25-2)13-17(14)19(23)20-7-5-15(6-8-20)18(22)21-9-11-24-12-10-21/h3-4,13,15H,5-12H2,1-2H3. The second kappa shape index (κ2) is 8.23. The molecule has 0 saturated carbocycles. The molecule has 2 saturated heterocycles. The molecule has 5 nitrogen and oxygen atoms in total. The van der Waals surface area contributed by atoms with Gasteiger partial charge in [0.25, 0.3) is 5.91 Å². The molecule has 6 heteroatoms. The second-order valence-corrected chi connectivity index (χ2v) is 7.56. The zero-order valence-corrected chi connectivity index (χ0v) is 15.8. The second-order valence-electron chi connectivity index (χ2n) is 6.68. The fourth-order valence-electron chi connectivity index (χ4n) is 3.50. The molecule has 1 aromatic carbocycles. The van der Waals surface area contributed by atoms with E-state index in [0.29, 0.717) is 39.4 Å². The lowest BCUT2D eigenvalue weighted by atomic mass is 9.94. The minimum Gasteiger partial charge on any atom is -0.378 e. The van der Waals surface area contributed by atoms with Gasteiger partial charge in [0.1, 0.15) is 0 Å². The minimum atomic E-state index is 0.0424. The Labute approximate surface area is 153 Å². The van der Waals surface area contributed by atoms with Crippen LogP contribution in [-0.2, 0) is 9.53 Å². The van der Waals surface area contributed by atoms with Crippen molar-refractivity contribution in [1.82, 2.24) is 9.80 Å². The van der Waals surface area contributed by atoms with Gasteiger partial charge in [0.15, 0.2) is 0 Å². The van der Waals surface area contributed by atoms with E-state index in [0.717, 1.165) is 28.9 Å². The zero-order valence-electron chi connectivity index (χ0n) is 15.0. The number of piperidine rings is 1. The number of likely N-dealkylation sites (tertiary alicyclic amines) is 1. The van der Waals surface area contributed by atoms with E-state index in [1.165, 1.54) is 0 Å². The number of carbonyl (C=O) groups is 2. The Balaban J connectivity index is 1.60. The van der Waals surface area contributed by atoms with E-state index in [-0.39, 0.29) is 17.7 Å². The maximum absolute atomic E-state index is 12.9. The number of ether oxygens (including phenoxy) is 1. The fraction of sp³-hybridized carbons (Fsp3) is 0.579. The summed E-state index contributed by atoms with van der Waals surface area (Å²) in [4.78, 5) is 30.4. The number of hydrogen-bond donors (Lipinski definition) is 0. The Kier molecular flexibility index (Phi) is 6.02. The summed E-state index contributed by atoms with van der Waals surface area (Å²) in [6, 6.07) is 6.03. The number of amides is 2. The van der Waals surface area contributed by atoms with Crippen LogP contribution in [0.15, 0.2) is 23.1 Å². The van der Waals surface area contributed by atoms with Gasteiger partial charge in [-0.05, 0) is 43.7 Å². The molecule has 0 unspecified atom stereocenters. The number of aryl methyl sites for hydroxylation is 1. The third-order valence-corrected chi connectivity index (χ3v) is 5.85. The van der Waals surface area contributed by atoms with E-state index < -0.39 is 0 Å². The molecule has 0 aliphatic carbocycles. The third-order valence-electron chi connectivity index (χ3n) is 5.13. The monoisotopic (exact) mass is 362 g/mol. The van der Waals surface area contributed by atoms with Crippen molar-refractivity contribution in [3.8, 4) is 0 Å². The summed E-state index contributed by atoms with van der Waals surface area (Å²) in [6.07, 6.45) is 3.52. The highest BCUT2D eigenvalue weighted by atomic mass is 32.2. The summed E-state index contributed by atoms with van der Waals surface area (Å²) in [6.45, 7) is 5.94. The molecular weight excluding hydrogens is 336 g/mol. The quantitative estimate of drug-likeness (QED) is 0.775. The van der Waals surface area contributed by atoms with Crippen molar-refractivity contribution in [2.75, 3.05) is 45.6 Å². The summed E-state index contributed by atoms with van der Waals surface area (Å²) in [5, 5.41) is 0. The maximum atomic E-state index is 12.9. The van der Waals surface area contributed by atoms with Gasteiger partial charge >= 0.3 is 0 Å². The lowest BCUT2D eigenvalue weighted by molar-refractivity contribution is -0.141. The first-order valence-electron chi connectivity index (χ1n) is 8.90. The summed E-state index contributed by atoms with van der Waals surface area (Å²) in [5.74, 6) is 0.363. The predicted octanol–water partition coefficient (Wildman–Crippen LogP) is 2.43. The van der Waals surface area contributed by atoms with Crippen LogP contribution in [0.4, 0.5) is 0 Å². The first-order chi connectivity index (χ1) is 12.1. The van der Waals surface area contributed by atoms with Crippen LogP contribution in [0, 0.1) is 12.8 Å². The highest BCUT2D eigenvalue weighted by molar-refractivity contribution is 7.98. The Hall–Kier alpha value is -1.53. The van der Waals surface area contributed by atoms with Crippen molar-refractivity contribution in [3.05, 3.63) is 29.3 Å². The Morgan fingerprint density at radius 1 is 1.08 bits per heavy atom. The Bertz CT molecular complexity index is 636. The number of thioether (sulfide) groups is 1. The number of benzene rings is 1. The molecule has 0 spiro atoms. The van der Waals surface area contributed by atoms with Crippen molar-refractivity contribution in [2.24, 2.45) is 5.92 Å². The van der Waals surface area contributed by atoms with Gasteiger partial charge in [-0.15, -0.1) is 11.8 Å². The minimum absolute atomic E-state index is 0.0424. The maximum Gasteiger partial charge on any atom is 0.254 e. The van der Waals surface area contributed by atoms with E-state index in [2.05, 4.69) is 0 Å². The van der Waals surface area contributed by atoms with Crippen molar-refractivity contribution >= 4 is 23.6 Å². The van der Waals surface area contributed by atoms with Crippen molar-refractivity contribution in [1.29, 1.82) is 0 Å². The third kappa shape index (κ3) is 4.18. The normalized spacial score (nSPS) is 19.1. The SMILES string of the molecule is CSc1ccc(C)c(C(=O)N2CCC(C(=O)N3CCOCC3)CC2)c1. The van der Waals surface area contributed by atoms with Gasteiger partial charge in [-0.1, -0.05) is 6.07 Å². The number of morpholine rings is 1. The summed E-state index contributed by atoms with van der Waals surface area (Å²) >= 11 is 1.64. The lowest BCUT2D eigenvalue weighted by Crippen LogP contribution is -2.47. The van der Waals surface area contributed by atoms with Gasteiger partial charge in [-0.25, -0.2) is 0 Å². The van der Waals surface area contributed by atoms with Crippen LogP contribution in [0.3, 0.4) is 0 Å². The summed E-state index contributed by atoms with van der Waals surface area (Å²) in [7, 11) is 0. The van der Waals surface area contributed by atoms with Gasteiger partial charge in [-0.3, -0.25) is 9.59 Å². The largest absolute Gasteiger partial charge is 0.378 e. The first kappa shape index (κ1) is 18.3. The van der Waals surface area contributed by atoms with Crippen LogP contribution >= 0.6 is 11.8 Å². The van der Waals surface area contributed by atoms with Crippen molar-refractivity contribution in [2.45, 2.75) is 24.7 Å². The molecule has 0 atom stereocenters. The molecular formula is C19H26N2O3S. The van der Waals surface area contributed by atoms with Crippen LogP contribution in [0.5, 0.6) is 0 Å². The Morgan fingerprint density at radius 3 is 2.40 bits per heavy atom. The van der Waals surface area contributed by atoms with Crippen LogP contribution in [0.2, 0.25) is 0 Å². The van der Waals surface area contributed by atoms with Gasteiger partial charge in [0.05, 0.1) is 13.2 Å². The van der Waals surface area contributed by atoms with Crippen LogP contribution in [-0.4, -0.2) is 67.3 Å². The van der Waals surface area contributed by atoms with Crippen molar-refractivity contribution < 1.29 is 14.3 Å². The number of carbonyl (C=O) groups excluding carboxylic acids is 2. The predicted molar refractivity (Wildman–Crippen MR) is 99.0 cm³/mol. The van der Waals surface area contributed by atoms with E-state index in [1.807, 2.05) is 41.2 Å². The molecule has 136 valence electrons. The van der Waals surface area contributed by atoms with E-state index in [4.69, 9.17) is 4.74 Å². The highest BCUT2D eigenvalue weighted by Crippen LogP contribution is 2.24. The smallest absolute Gasteiger partial charge is 0.254 e. The first-order valence-corrected chi connectivity index (χ1v) is 10.1. The van der Waals surface area contributed by atoms with E-state index in [9.17, 15) is 9.59 Å². The molecule has 0 radical (unpaired) electrons. The molecule has 2 aliphatic rings. The summed E-state index contributed by atoms with van der Waals surface area (Å²) < 4.78 is 5.32. The number of rotatable bonds is 3. The average Bonchev–Trinajstić information content (AvgIpc) is 2.68. The zero-order chi connectivity index (χ0) is 17.8. The van der Waals surface area contributed by atoms with Gasteiger partial charge in [0.2, 0.25) is 5.91 Å². The van der Waals surface area contributed by atoms with E-state index in [1.54, 1.807) is 11.8 Å². The molecule has 0 N–H and O–H groups in total. The molecule has 2 heterocycles. The fourth-order valence-corrected chi connectivity index (χ4v) is 3.94. The van der Waals surface area contributed by atoms with Gasteiger partial charge in [-0.2, -0.15) is 0 Å². The molecule has 1 aromatic rings. The average molecular weight is 362 g/mol. The highest BCUT2D eigenvalue weighted by Gasteiger charge is 2.31. The van der Waals surface area contributed by atoms with E-state index >= 15 is 0 Å². The molecule has 2 aliphatic heterocycles. The molecule has 0 aromatic heterocycles. The van der Waals surface area contributed by atoms with Crippen LogP contribution < -0.4 is 0 Å². The molecule has 0 bridgehead atoms. The molecule has 2 fully saturated rings. The summed E-state index contributed by atoms with van der Waals surface area (Å²) in [5.41, 5.74) is 1.79. The van der Waals surface area contributed by atoms with Crippen molar-refractivity contribution in [3.63, 3.8) is 0 Å². The van der Waals surface area contributed by atoms with Gasteiger partial charge < -0.3 is 14.5 Å². The lowest BCUT2D eigenvalue weighted by Gasteiger charge is -2.35. The van der Waals surface area contributed by atoms with Crippen LogP contribution in [0.1, 0.15) is 28.8 Å². The topological polar surface area (TPSA) is 49.9 Å². The number of nitrogens with zero attached hydrogens (tertiary/aromatic N) is 2. The number of hydrogen-bond acceptors (Lipinski definition) is 4.